The first kappa shape index (κ1) is 17.8. The van der Waals surface area contributed by atoms with Crippen molar-refractivity contribution in [2.45, 2.75) is 20.0 Å². The molecule has 0 aliphatic rings. The van der Waals surface area contributed by atoms with E-state index in [0.29, 0.717) is 12.1 Å². The zero-order valence-electron chi connectivity index (χ0n) is 15.7. The number of aromatic amines is 1. The standard InChI is InChI=1S/C21H20N4O3/c1-13-3-8-18-16(9-13)17-11-23-25(21(27)20(17)24-18)12-19(26)22-10-14-4-6-15(28-2)7-5-14/h3-9,11,24H,10,12H2,1-2H3,(H,22,26). The van der Waals surface area contributed by atoms with Crippen LogP contribution < -0.4 is 15.6 Å². The molecule has 2 aromatic carbocycles. The minimum absolute atomic E-state index is 0.140. The molecule has 4 rings (SSSR count). The summed E-state index contributed by atoms with van der Waals surface area (Å²) in [5, 5.41) is 8.70. The van der Waals surface area contributed by atoms with E-state index in [4.69, 9.17) is 4.74 Å². The topological polar surface area (TPSA) is 89.0 Å². The normalized spacial score (nSPS) is 11.1. The molecule has 1 amide bonds. The van der Waals surface area contributed by atoms with Crippen LogP contribution in [-0.4, -0.2) is 27.8 Å². The minimum Gasteiger partial charge on any atom is -0.497 e. The minimum atomic E-state index is -0.314. The number of fused-ring (bicyclic) bond motifs is 3. The average molecular weight is 376 g/mol. The molecule has 0 aliphatic carbocycles. The summed E-state index contributed by atoms with van der Waals surface area (Å²) in [6, 6.07) is 13.4. The highest BCUT2D eigenvalue weighted by Gasteiger charge is 2.12. The summed E-state index contributed by atoms with van der Waals surface area (Å²) in [7, 11) is 1.60. The van der Waals surface area contributed by atoms with Crippen molar-refractivity contribution < 1.29 is 9.53 Å². The van der Waals surface area contributed by atoms with E-state index in [1.807, 2.05) is 49.4 Å². The third-order valence-corrected chi connectivity index (χ3v) is 4.71. The van der Waals surface area contributed by atoms with Crippen LogP contribution in [0.4, 0.5) is 0 Å². The third-order valence-electron chi connectivity index (χ3n) is 4.71. The molecule has 0 atom stereocenters. The largest absolute Gasteiger partial charge is 0.497 e. The molecule has 2 heterocycles. The molecule has 7 heteroatoms. The Kier molecular flexibility index (Phi) is 4.57. The van der Waals surface area contributed by atoms with Gasteiger partial charge in [0.1, 0.15) is 17.8 Å². The van der Waals surface area contributed by atoms with Crippen molar-refractivity contribution in [3.05, 3.63) is 70.1 Å². The van der Waals surface area contributed by atoms with E-state index in [0.717, 1.165) is 33.2 Å². The van der Waals surface area contributed by atoms with Crippen molar-refractivity contribution in [1.82, 2.24) is 20.1 Å². The molecule has 4 aromatic rings. The SMILES string of the molecule is COc1ccc(CNC(=O)Cn2ncc3c([nH]c4ccc(C)cc43)c2=O)cc1. The number of hydrogen-bond acceptors (Lipinski definition) is 4. The number of aromatic nitrogens is 3. The number of carbonyl (C=O) groups excluding carboxylic acids is 1. The number of nitrogens with one attached hydrogen (secondary N) is 2. The van der Waals surface area contributed by atoms with Crippen molar-refractivity contribution >= 4 is 27.7 Å². The highest BCUT2D eigenvalue weighted by Crippen LogP contribution is 2.23. The van der Waals surface area contributed by atoms with Crippen molar-refractivity contribution in [2.24, 2.45) is 0 Å². The molecule has 0 aliphatic heterocycles. The number of carbonyl (C=O) groups is 1. The van der Waals surface area contributed by atoms with Crippen LogP contribution in [-0.2, 0) is 17.9 Å². The first-order chi connectivity index (χ1) is 13.5. The van der Waals surface area contributed by atoms with E-state index in [9.17, 15) is 9.59 Å². The van der Waals surface area contributed by atoms with E-state index >= 15 is 0 Å². The van der Waals surface area contributed by atoms with Crippen LogP contribution in [0.1, 0.15) is 11.1 Å². The molecule has 0 saturated carbocycles. The Morgan fingerprint density at radius 1 is 1.18 bits per heavy atom. The Morgan fingerprint density at radius 3 is 2.71 bits per heavy atom. The summed E-state index contributed by atoms with van der Waals surface area (Å²) in [5.41, 5.74) is 3.07. The number of ether oxygens (including phenoxy) is 1. The lowest BCUT2D eigenvalue weighted by Crippen LogP contribution is -2.33. The maximum absolute atomic E-state index is 12.7. The van der Waals surface area contributed by atoms with Gasteiger partial charge in [0.15, 0.2) is 0 Å². The summed E-state index contributed by atoms with van der Waals surface area (Å²) in [5.74, 6) is 0.476. The fourth-order valence-electron chi connectivity index (χ4n) is 3.19. The van der Waals surface area contributed by atoms with Gasteiger partial charge < -0.3 is 15.0 Å². The fourth-order valence-corrected chi connectivity index (χ4v) is 3.19. The molecule has 0 saturated heterocycles. The van der Waals surface area contributed by atoms with E-state index < -0.39 is 0 Å². The van der Waals surface area contributed by atoms with Gasteiger partial charge >= 0.3 is 0 Å². The van der Waals surface area contributed by atoms with Gasteiger partial charge in [-0.2, -0.15) is 5.10 Å². The highest BCUT2D eigenvalue weighted by atomic mass is 16.5. The number of H-pyrrole nitrogens is 1. The number of rotatable bonds is 5. The van der Waals surface area contributed by atoms with Gasteiger partial charge in [-0.15, -0.1) is 0 Å². The molecule has 0 bridgehead atoms. The second-order valence-corrected chi connectivity index (χ2v) is 6.69. The Balaban J connectivity index is 1.52. The second kappa shape index (κ2) is 7.19. The maximum Gasteiger partial charge on any atom is 0.291 e. The zero-order chi connectivity index (χ0) is 19.7. The first-order valence-electron chi connectivity index (χ1n) is 8.93. The van der Waals surface area contributed by atoms with E-state index in [2.05, 4.69) is 15.4 Å². The van der Waals surface area contributed by atoms with Crippen LogP contribution in [0.2, 0.25) is 0 Å². The zero-order valence-corrected chi connectivity index (χ0v) is 15.7. The van der Waals surface area contributed by atoms with Crippen molar-refractivity contribution in [2.75, 3.05) is 7.11 Å². The van der Waals surface area contributed by atoms with Crippen LogP contribution in [0.5, 0.6) is 5.75 Å². The fraction of sp³-hybridized carbons (Fsp3) is 0.190. The Labute approximate surface area is 160 Å². The van der Waals surface area contributed by atoms with Gasteiger partial charge in [0.25, 0.3) is 5.56 Å². The summed E-state index contributed by atoms with van der Waals surface area (Å²) in [6.45, 7) is 2.23. The van der Waals surface area contributed by atoms with E-state index in [1.165, 1.54) is 4.68 Å². The van der Waals surface area contributed by atoms with Crippen molar-refractivity contribution in [3.63, 3.8) is 0 Å². The number of aryl methyl sites for hydroxylation is 1. The van der Waals surface area contributed by atoms with Gasteiger partial charge in [-0.05, 0) is 36.8 Å². The average Bonchev–Trinajstić information content (AvgIpc) is 3.07. The summed E-state index contributed by atoms with van der Waals surface area (Å²) >= 11 is 0. The van der Waals surface area contributed by atoms with Crippen LogP contribution in [0, 0.1) is 6.92 Å². The molecular weight excluding hydrogens is 356 g/mol. The Bertz CT molecular complexity index is 1220. The molecule has 0 spiro atoms. The first-order valence-corrected chi connectivity index (χ1v) is 8.93. The Morgan fingerprint density at radius 2 is 1.96 bits per heavy atom. The van der Waals surface area contributed by atoms with Gasteiger partial charge in [-0.3, -0.25) is 9.59 Å². The lowest BCUT2D eigenvalue weighted by atomic mass is 10.1. The van der Waals surface area contributed by atoms with Gasteiger partial charge in [-0.25, -0.2) is 4.68 Å². The van der Waals surface area contributed by atoms with Crippen LogP contribution in [0.25, 0.3) is 21.8 Å². The number of nitrogens with zero attached hydrogens (tertiary/aromatic N) is 2. The molecule has 0 radical (unpaired) electrons. The lowest BCUT2D eigenvalue weighted by Gasteiger charge is -2.07. The smallest absolute Gasteiger partial charge is 0.291 e. The van der Waals surface area contributed by atoms with E-state index in [1.54, 1.807) is 13.3 Å². The number of amides is 1. The molecule has 142 valence electrons. The number of hydrogen-bond donors (Lipinski definition) is 2. The van der Waals surface area contributed by atoms with Gasteiger partial charge in [-0.1, -0.05) is 23.8 Å². The van der Waals surface area contributed by atoms with Crippen molar-refractivity contribution in [1.29, 1.82) is 0 Å². The molecule has 2 aromatic heterocycles. The van der Waals surface area contributed by atoms with Crippen LogP contribution in [0.3, 0.4) is 0 Å². The lowest BCUT2D eigenvalue weighted by molar-refractivity contribution is -0.122. The summed E-state index contributed by atoms with van der Waals surface area (Å²) < 4.78 is 6.29. The summed E-state index contributed by atoms with van der Waals surface area (Å²) in [6.07, 6.45) is 1.63. The van der Waals surface area contributed by atoms with Crippen LogP contribution in [0.15, 0.2) is 53.5 Å². The molecule has 7 nitrogen and oxygen atoms in total. The quantitative estimate of drug-likeness (QED) is 0.560. The predicted octanol–water partition coefficient (Wildman–Crippen LogP) is 2.51. The van der Waals surface area contributed by atoms with E-state index in [-0.39, 0.29) is 18.0 Å². The molecule has 0 unspecified atom stereocenters. The number of methoxy groups -OCH3 is 1. The predicted molar refractivity (Wildman–Crippen MR) is 107 cm³/mol. The van der Waals surface area contributed by atoms with Crippen molar-refractivity contribution in [3.8, 4) is 5.75 Å². The molecule has 2 N–H and O–H groups in total. The molecule has 0 fully saturated rings. The monoisotopic (exact) mass is 376 g/mol. The number of benzene rings is 2. The van der Waals surface area contributed by atoms with Crippen LogP contribution >= 0.6 is 0 Å². The second-order valence-electron chi connectivity index (χ2n) is 6.69. The molecular formula is C21H20N4O3. The van der Waals surface area contributed by atoms with Gasteiger partial charge in [0, 0.05) is 22.8 Å². The highest BCUT2D eigenvalue weighted by molar-refractivity contribution is 6.06. The Hall–Kier alpha value is -3.61. The maximum atomic E-state index is 12.7. The van der Waals surface area contributed by atoms with Gasteiger partial charge in [0.2, 0.25) is 5.91 Å². The molecule has 28 heavy (non-hydrogen) atoms. The van der Waals surface area contributed by atoms with Gasteiger partial charge in [0.05, 0.1) is 13.3 Å². The summed E-state index contributed by atoms with van der Waals surface area (Å²) in [4.78, 5) is 28.1. The third kappa shape index (κ3) is 3.34.